The number of aryl methyl sites for hydroxylation is 1. The van der Waals surface area contributed by atoms with E-state index in [0.29, 0.717) is 0 Å². The van der Waals surface area contributed by atoms with Crippen LogP contribution < -0.4 is 5.32 Å². The molecule has 0 radical (unpaired) electrons. The zero-order valence-corrected chi connectivity index (χ0v) is 13.8. The second kappa shape index (κ2) is 6.25. The quantitative estimate of drug-likeness (QED) is 0.729. The molecule has 116 valence electrons. The molecule has 1 N–H and O–H groups in total. The highest BCUT2D eigenvalue weighted by atomic mass is 16.1. The van der Waals surface area contributed by atoms with E-state index in [-0.39, 0.29) is 11.9 Å². The van der Waals surface area contributed by atoms with E-state index in [1.165, 1.54) is 10.8 Å². The average molecular weight is 303 g/mol. The number of fused-ring (bicyclic) bond motifs is 1. The van der Waals surface area contributed by atoms with Crippen molar-refractivity contribution in [3.05, 3.63) is 82.9 Å². The number of rotatable bonds is 3. The zero-order chi connectivity index (χ0) is 16.4. The van der Waals surface area contributed by atoms with E-state index in [1.54, 1.807) is 0 Å². The fraction of sp³-hybridized carbons (Fsp3) is 0.190. The van der Waals surface area contributed by atoms with Crippen LogP contribution in [0.5, 0.6) is 0 Å². The number of hydrogen-bond donors (Lipinski definition) is 1. The Kier molecular flexibility index (Phi) is 4.16. The van der Waals surface area contributed by atoms with Gasteiger partial charge in [0.15, 0.2) is 0 Å². The monoisotopic (exact) mass is 303 g/mol. The number of benzene rings is 3. The van der Waals surface area contributed by atoms with Gasteiger partial charge in [-0.05, 0) is 54.3 Å². The van der Waals surface area contributed by atoms with Gasteiger partial charge in [-0.3, -0.25) is 4.79 Å². The Morgan fingerprint density at radius 2 is 1.61 bits per heavy atom. The van der Waals surface area contributed by atoms with Crippen molar-refractivity contribution < 1.29 is 4.79 Å². The molecule has 0 saturated carbocycles. The second-order valence-corrected chi connectivity index (χ2v) is 6.01. The van der Waals surface area contributed by atoms with Crippen LogP contribution in [0.4, 0.5) is 0 Å². The second-order valence-electron chi connectivity index (χ2n) is 6.01. The molecular formula is C21H21NO. The van der Waals surface area contributed by atoms with Gasteiger partial charge in [0, 0.05) is 5.56 Å². The van der Waals surface area contributed by atoms with Crippen LogP contribution in [-0.2, 0) is 0 Å². The molecule has 3 aromatic rings. The van der Waals surface area contributed by atoms with E-state index in [1.807, 2.05) is 57.2 Å². The van der Waals surface area contributed by atoms with Gasteiger partial charge >= 0.3 is 0 Å². The van der Waals surface area contributed by atoms with Crippen molar-refractivity contribution in [2.45, 2.75) is 26.8 Å². The highest BCUT2D eigenvalue weighted by Crippen LogP contribution is 2.24. The summed E-state index contributed by atoms with van der Waals surface area (Å²) >= 11 is 0. The van der Waals surface area contributed by atoms with E-state index in [9.17, 15) is 4.79 Å². The molecule has 2 nitrogen and oxygen atoms in total. The molecule has 23 heavy (non-hydrogen) atoms. The first-order chi connectivity index (χ1) is 11.1. The Bertz CT molecular complexity index is 861. The first kappa shape index (κ1) is 15.3. The number of amides is 1. The number of nitrogens with one attached hydrogen (secondary N) is 1. The summed E-state index contributed by atoms with van der Waals surface area (Å²) in [5.41, 5.74) is 4.06. The molecule has 0 bridgehead atoms. The Labute approximate surface area is 137 Å². The largest absolute Gasteiger partial charge is 0.345 e. The molecular weight excluding hydrogens is 282 g/mol. The average Bonchev–Trinajstić information content (AvgIpc) is 2.56. The normalized spacial score (nSPS) is 12.1. The molecule has 1 amide bonds. The van der Waals surface area contributed by atoms with Gasteiger partial charge in [-0.15, -0.1) is 0 Å². The Hall–Kier alpha value is -2.61. The molecule has 0 aliphatic carbocycles. The molecule has 0 fully saturated rings. The third-order valence-electron chi connectivity index (χ3n) is 4.49. The van der Waals surface area contributed by atoms with E-state index < -0.39 is 0 Å². The zero-order valence-electron chi connectivity index (χ0n) is 13.8. The molecule has 3 aromatic carbocycles. The van der Waals surface area contributed by atoms with Crippen LogP contribution in [0.1, 0.15) is 40.0 Å². The van der Waals surface area contributed by atoms with Crippen molar-refractivity contribution in [1.82, 2.24) is 5.32 Å². The van der Waals surface area contributed by atoms with E-state index in [0.717, 1.165) is 22.3 Å². The maximum Gasteiger partial charge on any atom is 0.252 e. The Morgan fingerprint density at radius 1 is 0.913 bits per heavy atom. The highest BCUT2D eigenvalue weighted by Gasteiger charge is 2.15. The van der Waals surface area contributed by atoms with Gasteiger partial charge in [-0.2, -0.15) is 0 Å². The fourth-order valence-corrected chi connectivity index (χ4v) is 2.98. The topological polar surface area (TPSA) is 29.1 Å². The van der Waals surface area contributed by atoms with Gasteiger partial charge < -0.3 is 5.32 Å². The molecule has 1 atom stereocenters. The first-order valence-electron chi connectivity index (χ1n) is 7.92. The van der Waals surface area contributed by atoms with Crippen molar-refractivity contribution in [3.8, 4) is 0 Å². The third-order valence-corrected chi connectivity index (χ3v) is 4.49. The number of carbonyl (C=O) groups excluding carboxylic acids is 1. The van der Waals surface area contributed by atoms with Crippen LogP contribution in [0.3, 0.4) is 0 Å². The molecule has 0 spiro atoms. The predicted octanol–water partition coefficient (Wildman–Crippen LogP) is 4.95. The van der Waals surface area contributed by atoms with Crippen LogP contribution in [0.25, 0.3) is 10.8 Å². The lowest BCUT2D eigenvalue weighted by molar-refractivity contribution is 0.0939. The van der Waals surface area contributed by atoms with Gasteiger partial charge in [0.05, 0.1) is 6.04 Å². The Balaban J connectivity index is 1.90. The summed E-state index contributed by atoms with van der Waals surface area (Å²) in [6.07, 6.45) is 0. The standard InChI is InChI=1S/C21H21NO/c1-14-8-6-12-18(15(14)2)21(23)22-16(3)19-13-7-10-17-9-4-5-11-20(17)19/h4-13,16H,1-3H3,(H,22,23). The molecule has 2 heteroatoms. The smallest absolute Gasteiger partial charge is 0.252 e. The number of carbonyl (C=O) groups is 1. The van der Waals surface area contributed by atoms with Gasteiger partial charge in [0.2, 0.25) is 0 Å². The van der Waals surface area contributed by atoms with Crippen LogP contribution in [-0.4, -0.2) is 5.91 Å². The lowest BCUT2D eigenvalue weighted by Gasteiger charge is -2.18. The molecule has 0 aliphatic rings. The van der Waals surface area contributed by atoms with Crippen LogP contribution in [0.15, 0.2) is 60.7 Å². The Morgan fingerprint density at radius 3 is 2.43 bits per heavy atom. The maximum absolute atomic E-state index is 12.6. The summed E-state index contributed by atoms with van der Waals surface area (Å²) in [5, 5.41) is 5.51. The maximum atomic E-state index is 12.6. The molecule has 0 heterocycles. The van der Waals surface area contributed by atoms with Crippen LogP contribution in [0, 0.1) is 13.8 Å². The summed E-state index contributed by atoms with van der Waals surface area (Å²) in [5.74, 6) is -0.0216. The summed E-state index contributed by atoms with van der Waals surface area (Å²) in [4.78, 5) is 12.6. The molecule has 1 unspecified atom stereocenters. The van der Waals surface area contributed by atoms with Gasteiger partial charge in [-0.25, -0.2) is 0 Å². The molecule has 3 rings (SSSR count). The number of hydrogen-bond acceptors (Lipinski definition) is 1. The van der Waals surface area contributed by atoms with Crippen molar-refractivity contribution in [3.63, 3.8) is 0 Å². The van der Waals surface area contributed by atoms with E-state index in [2.05, 4.69) is 29.6 Å². The molecule has 0 aliphatic heterocycles. The highest BCUT2D eigenvalue weighted by molar-refractivity contribution is 5.96. The summed E-state index contributed by atoms with van der Waals surface area (Å²) in [7, 11) is 0. The van der Waals surface area contributed by atoms with Gasteiger partial charge in [0.25, 0.3) is 5.91 Å². The van der Waals surface area contributed by atoms with E-state index in [4.69, 9.17) is 0 Å². The van der Waals surface area contributed by atoms with E-state index >= 15 is 0 Å². The third kappa shape index (κ3) is 2.98. The SMILES string of the molecule is Cc1cccc(C(=O)NC(C)c2cccc3ccccc23)c1C. The summed E-state index contributed by atoms with van der Waals surface area (Å²) in [6, 6.07) is 20.3. The van der Waals surface area contributed by atoms with Crippen molar-refractivity contribution in [2.75, 3.05) is 0 Å². The first-order valence-corrected chi connectivity index (χ1v) is 7.92. The molecule has 0 aromatic heterocycles. The summed E-state index contributed by atoms with van der Waals surface area (Å²) < 4.78 is 0. The minimum atomic E-state index is -0.0477. The lowest BCUT2D eigenvalue weighted by atomic mass is 9.98. The van der Waals surface area contributed by atoms with Gasteiger partial charge in [-0.1, -0.05) is 54.6 Å². The van der Waals surface area contributed by atoms with Gasteiger partial charge in [0.1, 0.15) is 0 Å². The predicted molar refractivity (Wildman–Crippen MR) is 95.7 cm³/mol. The minimum Gasteiger partial charge on any atom is -0.345 e. The minimum absolute atomic E-state index is 0.0216. The lowest BCUT2D eigenvalue weighted by Crippen LogP contribution is -2.27. The van der Waals surface area contributed by atoms with Crippen LogP contribution >= 0.6 is 0 Å². The summed E-state index contributed by atoms with van der Waals surface area (Å²) in [6.45, 7) is 6.05. The van der Waals surface area contributed by atoms with Crippen molar-refractivity contribution in [1.29, 1.82) is 0 Å². The van der Waals surface area contributed by atoms with Crippen molar-refractivity contribution >= 4 is 16.7 Å². The van der Waals surface area contributed by atoms with Crippen molar-refractivity contribution in [2.24, 2.45) is 0 Å². The molecule has 0 saturated heterocycles. The van der Waals surface area contributed by atoms with Crippen LogP contribution in [0.2, 0.25) is 0 Å². The fourth-order valence-electron chi connectivity index (χ4n) is 2.98.